The lowest BCUT2D eigenvalue weighted by Crippen LogP contribution is -2.62. The topological polar surface area (TPSA) is 131 Å². The standard InChI is InChI=1S/C23H26F9N5O4/c1-19(2,3)14(36-18(41)21(24,25)26)17(40)37-8-11-12(20(11,22(27,28)29)23(30,31)32)13(37)16(39)35-10(7-33)6-9-4-5-34-15(9)38/h9-14H,4-6,8H2,1-3H3,(H,34,38)(H,35,39)(H,36,41)/t9-,10-,11-,12-,13?,14?/m0/s1. The number of fused-ring (bicyclic) bond motifs is 1. The van der Waals surface area contributed by atoms with Crippen molar-refractivity contribution in [2.75, 3.05) is 13.1 Å². The lowest BCUT2D eigenvalue weighted by molar-refractivity contribution is -0.314. The summed E-state index contributed by atoms with van der Waals surface area (Å²) in [4.78, 5) is 50.4. The van der Waals surface area contributed by atoms with E-state index in [1.807, 2.05) is 5.32 Å². The van der Waals surface area contributed by atoms with Crippen LogP contribution in [0.25, 0.3) is 0 Å². The average molecular weight is 607 g/mol. The normalized spacial score (nSPS) is 27.3. The van der Waals surface area contributed by atoms with Crippen LogP contribution in [0.2, 0.25) is 0 Å². The molecule has 41 heavy (non-hydrogen) atoms. The number of amides is 4. The Hall–Kier alpha value is -3.26. The van der Waals surface area contributed by atoms with Crippen molar-refractivity contribution in [3.05, 3.63) is 0 Å². The van der Waals surface area contributed by atoms with Crippen molar-refractivity contribution in [3.63, 3.8) is 0 Å². The highest BCUT2D eigenvalue weighted by Gasteiger charge is 2.93. The largest absolute Gasteiger partial charge is 0.471 e. The maximum absolute atomic E-state index is 13.9. The van der Waals surface area contributed by atoms with E-state index in [-0.39, 0.29) is 19.4 Å². The summed E-state index contributed by atoms with van der Waals surface area (Å²) in [6, 6.07) is -4.56. The molecule has 4 amide bonds. The summed E-state index contributed by atoms with van der Waals surface area (Å²) in [5.41, 5.74) is -5.93. The third kappa shape index (κ3) is 5.63. The zero-order valence-corrected chi connectivity index (χ0v) is 21.7. The highest BCUT2D eigenvalue weighted by molar-refractivity contribution is 5.95. The Morgan fingerprint density at radius 3 is 2.02 bits per heavy atom. The van der Waals surface area contributed by atoms with Crippen molar-refractivity contribution < 1.29 is 58.7 Å². The molecule has 0 spiro atoms. The summed E-state index contributed by atoms with van der Waals surface area (Å²) in [5, 5.41) is 15.3. The van der Waals surface area contributed by atoms with E-state index in [4.69, 9.17) is 0 Å². The van der Waals surface area contributed by atoms with Gasteiger partial charge < -0.3 is 20.9 Å². The molecule has 1 aliphatic carbocycles. The Kier molecular flexibility index (Phi) is 8.05. The first-order chi connectivity index (χ1) is 18.5. The van der Waals surface area contributed by atoms with Crippen molar-refractivity contribution in [2.45, 2.75) is 70.3 Å². The number of carbonyl (C=O) groups is 4. The van der Waals surface area contributed by atoms with Crippen LogP contribution in [0.15, 0.2) is 0 Å². The number of nitrogens with zero attached hydrogens (tertiary/aromatic N) is 2. The molecule has 2 heterocycles. The van der Waals surface area contributed by atoms with E-state index in [9.17, 15) is 64.0 Å². The van der Waals surface area contributed by atoms with Crippen molar-refractivity contribution in [1.82, 2.24) is 20.9 Å². The highest BCUT2D eigenvalue weighted by atomic mass is 19.4. The van der Waals surface area contributed by atoms with Gasteiger partial charge in [-0.15, -0.1) is 0 Å². The smallest absolute Gasteiger partial charge is 0.356 e. The molecule has 3 N–H and O–H groups in total. The van der Waals surface area contributed by atoms with Gasteiger partial charge in [-0.2, -0.15) is 44.8 Å². The molecule has 18 heteroatoms. The van der Waals surface area contributed by atoms with Gasteiger partial charge >= 0.3 is 24.4 Å². The molecule has 2 unspecified atom stereocenters. The van der Waals surface area contributed by atoms with Gasteiger partial charge in [0, 0.05) is 30.8 Å². The minimum atomic E-state index is -5.92. The van der Waals surface area contributed by atoms with Gasteiger partial charge in [0.05, 0.1) is 6.07 Å². The van der Waals surface area contributed by atoms with Gasteiger partial charge in [0.1, 0.15) is 18.1 Å². The Labute approximate surface area is 227 Å². The molecule has 0 bridgehead atoms. The van der Waals surface area contributed by atoms with E-state index in [1.165, 1.54) is 26.1 Å². The van der Waals surface area contributed by atoms with Gasteiger partial charge in [-0.25, -0.2) is 0 Å². The maximum Gasteiger partial charge on any atom is 0.471 e. The number of piperidine rings is 1. The lowest BCUT2D eigenvalue weighted by atomic mass is 9.84. The van der Waals surface area contributed by atoms with E-state index in [0.717, 1.165) is 0 Å². The van der Waals surface area contributed by atoms with Gasteiger partial charge in [-0.05, 0) is 18.3 Å². The zero-order chi connectivity index (χ0) is 31.5. The van der Waals surface area contributed by atoms with Crippen LogP contribution in [0, 0.1) is 39.9 Å². The van der Waals surface area contributed by atoms with E-state index < -0.39 is 95.4 Å². The summed E-state index contributed by atoms with van der Waals surface area (Å²) in [6.45, 7) is 2.49. The number of hydrogen-bond donors (Lipinski definition) is 3. The number of hydrogen-bond acceptors (Lipinski definition) is 5. The van der Waals surface area contributed by atoms with Gasteiger partial charge in [0.15, 0.2) is 5.41 Å². The summed E-state index contributed by atoms with van der Waals surface area (Å²) in [5.74, 6) is -11.9. The van der Waals surface area contributed by atoms with Crippen molar-refractivity contribution in [3.8, 4) is 6.07 Å². The van der Waals surface area contributed by atoms with Gasteiger partial charge in [0.2, 0.25) is 17.7 Å². The molecule has 0 radical (unpaired) electrons. The van der Waals surface area contributed by atoms with Gasteiger partial charge in [0.25, 0.3) is 0 Å². The van der Waals surface area contributed by atoms with E-state index in [1.54, 1.807) is 6.07 Å². The number of halogens is 9. The maximum atomic E-state index is 13.9. The Morgan fingerprint density at radius 2 is 1.61 bits per heavy atom. The first-order valence-corrected chi connectivity index (χ1v) is 12.3. The van der Waals surface area contributed by atoms with Crippen molar-refractivity contribution in [2.24, 2.45) is 28.6 Å². The second-order valence-electron chi connectivity index (χ2n) is 11.4. The summed E-state index contributed by atoms with van der Waals surface area (Å²) >= 11 is 0. The lowest BCUT2D eigenvalue weighted by Gasteiger charge is -2.39. The molecule has 3 fully saturated rings. The Morgan fingerprint density at radius 1 is 1.05 bits per heavy atom. The Bertz CT molecular complexity index is 1120. The molecule has 1 saturated carbocycles. The molecular formula is C23H26F9N5O4. The first kappa shape index (κ1) is 32.3. The van der Waals surface area contributed by atoms with E-state index in [0.29, 0.717) is 4.90 Å². The molecule has 0 aromatic carbocycles. The number of carbonyl (C=O) groups excluding carboxylic acids is 4. The molecular weight excluding hydrogens is 581 g/mol. The number of rotatable bonds is 6. The van der Waals surface area contributed by atoms with Crippen LogP contribution in [0.4, 0.5) is 39.5 Å². The van der Waals surface area contributed by atoms with Crippen LogP contribution in [-0.2, 0) is 19.2 Å². The molecule has 3 aliphatic rings. The predicted octanol–water partition coefficient (Wildman–Crippen LogP) is 2.18. The van der Waals surface area contributed by atoms with Crippen LogP contribution in [0.1, 0.15) is 33.6 Å². The van der Waals surface area contributed by atoms with Crippen LogP contribution in [0.5, 0.6) is 0 Å². The quantitative estimate of drug-likeness (QED) is 0.399. The van der Waals surface area contributed by atoms with E-state index in [2.05, 4.69) is 5.32 Å². The number of nitriles is 1. The molecule has 0 aromatic heterocycles. The zero-order valence-electron chi connectivity index (χ0n) is 21.7. The van der Waals surface area contributed by atoms with Crippen LogP contribution < -0.4 is 16.0 Å². The minimum Gasteiger partial charge on any atom is -0.356 e. The second kappa shape index (κ2) is 10.2. The summed E-state index contributed by atoms with van der Waals surface area (Å²) < 4.78 is 122. The Balaban J connectivity index is 2.00. The minimum absolute atomic E-state index is 0.238. The first-order valence-electron chi connectivity index (χ1n) is 12.3. The number of alkyl halides is 9. The van der Waals surface area contributed by atoms with Crippen molar-refractivity contribution >= 4 is 23.6 Å². The SMILES string of the molecule is CC(C)(C)C(NC(=O)C(F)(F)F)C(=O)N1C[C@H]2[C@@H](C1C(=O)N[C@H](C#N)C[C@@H]1CCNC1=O)C2(C(F)(F)F)C(F)(F)F. The highest BCUT2D eigenvalue weighted by Crippen LogP contribution is 2.77. The third-order valence-corrected chi connectivity index (χ3v) is 7.80. The number of nitrogens with one attached hydrogen (secondary N) is 3. The van der Waals surface area contributed by atoms with Crippen LogP contribution in [-0.4, -0.2) is 78.3 Å². The fraction of sp³-hybridized carbons (Fsp3) is 0.783. The monoisotopic (exact) mass is 607 g/mol. The van der Waals surface area contributed by atoms with Gasteiger partial charge in [-0.3, -0.25) is 19.2 Å². The van der Waals surface area contributed by atoms with E-state index >= 15 is 0 Å². The molecule has 9 nitrogen and oxygen atoms in total. The summed E-state index contributed by atoms with van der Waals surface area (Å²) in [6.07, 6.45) is -17.4. The fourth-order valence-electron chi connectivity index (χ4n) is 5.81. The fourth-order valence-corrected chi connectivity index (χ4v) is 5.81. The molecule has 6 atom stereocenters. The van der Waals surface area contributed by atoms with Gasteiger partial charge in [-0.1, -0.05) is 20.8 Å². The molecule has 2 aliphatic heterocycles. The third-order valence-electron chi connectivity index (χ3n) is 7.80. The second-order valence-corrected chi connectivity index (χ2v) is 11.4. The molecule has 2 saturated heterocycles. The average Bonchev–Trinajstić information content (AvgIpc) is 3.07. The van der Waals surface area contributed by atoms with Crippen molar-refractivity contribution in [1.29, 1.82) is 5.26 Å². The molecule has 0 aromatic rings. The van der Waals surface area contributed by atoms with Crippen LogP contribution >= 0.6 is 0 Å². The summed E-state index contributed by atoms with van der Waals surface area (Å²) in [7, 11) is 0. The number of likely N-dealkylation sites (tertiary alicyclic amines) is 1. The predicted molar refractivity (Wildman–Crippen MR) is 118 cm³/mol. The molecule has 230 valence electrons. The molecule has 3 rings (SSSR count). The van der Waals surface area contributed by atoms with Crippen LogP contribution in [0.3, 0.4) is 0 Å².